The minimum Gasteiger partial charge on any atom is -0.471 e. The highest BCUT2D eigenvalue weighted by Crippen LogP contribution is 2.38. The van der Waals surface area contributed by atoms with Crippen molar-refractivity contribution in [2.24, 2.45) is 11.8 Å². The van der Waals surface area contributed by atoms with Crippen molar-refractivity contribution in [1.29, 1.82) is 0 Å². The minimum atomic E-state index is -4.30. The van der Waals surface area contributed by atoms with Gasteiger partial charge < -0.3 is 25.7 Å². The van der Waals surface area contributed by atoms with E-state index in [-0.39, 0.29) is 82.5 Å². The second-order valence-electron chi connectivity index (χ2n) is 10.5. The zero-order valence-corrected chi connectivity index (χ0v) is 24.6. The van der Waals surface area contributed by atoms with E-state index in [0.29, 0.717) is 5.56 Å². The van der Waals surface area contributed by atoms with E-state index in [1.165, 1.54) is 6.07 Å². The average Bonchev–Trinajstić information content (AvgIpc) is 3.34. The third kappa shape index (κ3) is 8.17. The van der Waals surface area contributed by atoms with Crippen molar-refractivity contribution in [2.45, 2.75) is 64.7 Å². The molecule has 1 fully saturated rings. The van der Waals surface area contributed by atoms with Gasteiger partial charge in [0.05, 0.1) is 27.2 Å². The zero-order chi connectivity index (χ0) is 31.5. The van der Waals surface area contributed by atoms with Gasteiger partial charge in [0.25, 0.3) is 12.3 Å². The molecule has 2 amide bonds. The number of imidazole rings is 1. The Labute approximate surface area is 253 Å². The quantitative estimate of drug-likeness (QED) is 0.180. The number of alkyl halides is 5. The summed E-state index contributed by atoms with van der Waals surface area (Å²) < 4.78 is 70.1. The molecule has 0 radical (unpaired) electrons. The Morgan fingerprint density at radius 3 is 2.44 bits per heavy atom. The van der Waals surface area contributed by atoms with Crippen LogP contribution in [0.3, 0.4) is 0 Å². The molecule has 0 bridgehead atoms. The third-order valence-corrected chi connectivity index (χ3v) is 7.69. The summed E-state index contributed by atoms with van der Waals surface area (Å²) in [5.41, 5.74) is 0.885. The van der Waals surface area contributed by atoms with Gasteiger partial charge in [-0.1, -0.05) is 43.1 Å². The standard InChI is InChI=1S/C27H29Cl2F5N6O3/c1-12(2)23(41)35-10-13-3-8-17(28)21(20(13)29)38-26-37-18-9-16(25(39-22(18)40-26)43-11-19(30)31)24(42)36-15-6-4-14(5-7-15)27(32,33)34/h3,8-9,12,14-15,19H,4-7,10-11H2,1-2H3,(H,35,41)(H,36,42)(H2,37,38,39,40). The molecule has 2 aromatic heterocycles. The topological polar surface area (TPSA) is 121 Å². The first-order valence-electron chi connectivity index (χ1n) is 13.4. The van der Waals surface area contributed by atoms with E-state index in [4.69, 9.17) is 27.9 Å². The van der Waals surface area contributed by atoms with Crippen LogP contribution < -0.4 is 20.7 Å². The van der Waals surface area contributed by atoms with Crippen LogP contribution in [0.15, 0.2) is 18.2 Å². The van der Waals surface area contributed by atoms with Crippen LogP contribution in [0.4, 0.5) is 33.6 Å². The van der Waals surface area contributed by atoms with Gasteiger partial charge in [-0.15, -0.1) is 0 Å². The predicted molar refractivity (Wildman–Crippen MR) is 151 cm³/mol. The van der Waals surface area contributed by atoms with Gasteiger partial charge in [-0.2, -0.15) is 23.1 Å². The fourth-order valence-electron chi connectivity index (χ4n) is 4.58. The molecule has 0 atom stereocenters. The molecule has 16 heteroatoms. The van der Waals surface area contributed by atoms with Gasteiger partial charge in [0.15, 0.2) is 12.3 Å². The number of aromatic amines is 1. The number of pyridine rings is 1. The summed E-state index contributed by atoms with van der Waals surface area (Å²) in [7, 11) is 0. The van der Waals surface area contributed by atoms with E-state index in [2.05, 4.69) is 30.9 Å². The van der Waals surface area contributed by atoms with Crippen LogP contribution in [-0.2, 0) is 11.3 Å². The molecule has 3 aromatic rings. The monoisotopic (exact) mass is 650 g/mol. The number of nitrogens with one attached hydrogen (secondary N) is 4. The summed E-state index contributed by atoms with van der Waals surface area (Å²) in [6, 6.07) is 4.00. The van der Waals surface area contributed by atoms with Crippen molar-refractivity contribution in [1.82, 2.24) is 25.6 Å². The SMILES string of the molecule is CC(C)C(=O)NCc1ccc(Cl)c(Nc2nc3nc(OCC(F)F)c(C(=O)NC4CCC(C(F)(F)F)CC4)cc3[nH]2)c1Cl. The number of halogens is 7. The van der Waals surface area contributed by atoms with Crippen molar-refractivity contribution in [3.63, 3.8) is 0 Å². The number of anilines is 2. The van der Waals surface area contributed by atoms with Crippen LogP contribution in [0.2, 0.25) is 10.0 Å². The largest absolute Gasteiger partial charge is 0.471 e. The number of ether oxygens (including phenoxy) is 1. The molecule has 4 rings (SSSR count). The number of hydrogen-bond acceptors (Lipinski definition) is 6. The maximum Gasteiger partial charge on any atom is 0.391 e. The molecule has 1 saturated carbocycles. The number of rotatable bonds is 10. The maximum atomic E-state index is 13.1. The van der Waals surface area contributed by atoms with Gasteiger partial charge in [-0.3, -0.25) is 9.59 Å². The second kappa shape index (κ2) is 13.5. The maximum absolute atomic E-state index is 13.1. The normalized spacial score (nSPS) is 17.4. The molecule has 1 aromatic carbocycles. The van der Waals surface area contributed by atoms with Crippen molar-refractivity contribution >= 4 is 57.8 Å². The molecule has 2 heterocycles. The van der Waals surface area contributed by atoms with Crippen molar-refractivity contribution in [3.8, 4) is 5.88 Å². The van der Waals surface area contributed by atoms with E-state index < -0.39 is 43.0 Å². The number of amides is 2. The van der Waals surface area contributed by atoms with Crippen molar-refractivity contribution in [2.75, 3.05) is 11.9 Å². The summed E-state index contributed by atoms with van der Waals surface area (Å²) in [5.74, 6) is -2.87. The van der Waals surface area contributed by atoms with Gasteiger partial charge in [-0.25, -0.2) is 8.78 Å². The summed E-state index contributed by atoms with van der Waals surface area (Å²) in [6.45, 7) is 2.60. The van der Waals surface area contributed by atoms with Crippen molar-refractivity contribution < 1.29 is 36.3 Å². The number of carbonyl (C=O) groups excluding carboxylic acids is 2. The minimum absolute atomic E-state index is 0.0154. The molecular formula is C27H29Cl2F5N6O3. The summed E-state index contributed by atoms with van der Waals surface area (Å²) in [6.07, 6.45) is -7.20. The number of aromatic nitrogens is 3. The van der Waals surface area contributed by atoms with Crippen LogP contribution in [0, 0.1) is 11.8 Å². The average molecular weight is 651 g/mol. The Morgan fingerprint density at radius 1 is 1.12 bits per heavy atom. The van der Waals surface area contributed by atoms with Crippen molar-refractivity contribution in [3.05, 3.63) is 39.4 Å². The van der Waals surface area contributed by atoms with E-state index in [1.807, 2.05) is 0 Å². The Morgan fingerprint density at radius 2 is 1.81 bits per heavy atom. The Balaban J connectivity index is 1.57. The van der Waals surface area contributed by atoms with Gasteiger partial charge >= 0.3 is 6.18 Å². The number of benzene rings is 1. The zero-order valence-electron chi connectivity index (χ0n) is 23.0. The highest BCUT2D eigenvalue weighted by molar-refractivity contribution is 6.39. The lowest BCUT2D eigenvalue weighted by Gasteiger charge is -2.30. The smallest absolute Gasteiger partial charge is 0.391 e. The molecule has 4 N–H and O–H groups in total. The molecule has 1 aliphatic rings. The first-order chi connectivity index (χ1) is 20.2. The van der Waals surface area contributed by atoms with Crippen LogP contribution in [0.25, 0.3) is 11.2 Å². The molecule has 0 saturated heterocycles. The van der Waals surface area contributed by atoms with Crippen LogP contribution >= 0.6 is 23.2 Å². The van der Waals surface area contributed by atoms with E-state index in [9.17, 15) is 31.5 Å². The lowest BCUT2D eigenvalue weighted by Crippen LogP contribution is -2.40. The fraction of sp³-hybridized carbons (Fsp3) is 0.481. The molecule has 1 aliphatic carbocycles. The lowest BCUT2D eigenvalue weighted by molar-refractivity contribution is -0.182. The van der Waals surface area contributed by atoms with Crippen LogP contribution in [-0.4, -0.2) is 52.0 Å². The van der Waals surface area contributed by atoms with E-state index in [1.54, 1.807) is 26.0 Å². The van der Waals surface area contributed by atoms with E-state index >= 15 is 0 Å². The third-order valence-electron chi connectivity index (χ3n) is 6.95. The molecule has 9 nitrogen and oxygen atoms in total. The first kappa shape index (κ1) is 32.5. The molecule has 43 heavy (non-hydrogen) atoms. The Bertz CT molecular complexity index is 1480. The second-order valence-corrected chi connectivity index (χ2v) is 11.2. The van der Waals surface area contributed by atoms with Gasteiger partial charge in [0, 0.05) is 18.5 Å². The molecule has 0 unspecified atom stereocenters. The first-order valence-corrected chi connectivity index (χ1v) is 14.2. The highest BCUT2D eigenvalue weighted by Gasteiger charge is 2.41. The highest BCUT2D eigenvalue weighted by atomic mass is 35.5. The number of fused-ring (bicyclic) bond motifs is 1. The number of carbonyl (C=O) groups is 2. The molecular weight excluding hydrogens is 622 g/mol. The van der Waals surface area contributed by atoms with Gasteiger partial charge in [-0.05, 0) is 43.4 Å². The lowest BCUT2D eigenvalue weighted by atomic mass is 9.85. The fourth-order valence-corrected chi connectivity index (χ4v) is 5.11. The Hall–Kier alpha value is -3.39. The molecule has 0 spiro atoms. The predicted octanol–water partition coefficient (Wildman–Crippen LogP) is 6.78. The summed E-state index contributed by atoms with van der Waals surface area (Å²) in [4.78, 5) is 36.4. The number of hydrogen-bond donors (Lipinski definition) is 4. The summed E-state index contributed by atoms with van der Waals surface area (Å²) >= 11 is 12.9. The summed E-state index contributed by atoms with van der Waals surface area (Å²) in [5, 5.41) is 8.83. The van der Waals surface area contributed by atoms with Gasteiger partial charge in [0.2, 0.25) is 17.7 Å². The van der Waals surface area contributed by atoms with Gasteiger partial charge in [0.1, 0.15) is 5.56 Å². The van der Waals surface area contributed by atoms with Crippen LogP contribution in [0.5, 0.6) is 5.88 Å². The number of nitrogens with zero attached hydrogens (tertiary/aromatic N) is 2. The Kier molecular flexibility index (Phi) is 10.2. The van der Waals surface area contributed by atoms with E-state index in [0.717, 1.165) is 0 Å². The van der Waals surface area contributed by atoms with Crippen LogP contribution in [0.1, 0.15) is 55.5 Å². The molecule has 0 aliphatic heterocycles. The molecule has 234 valence electrons. The number of H-pyrrole nitrogens is 1.